The number of rotatable bonds is 6. The molecule has 2 aromatic rings. The third-order valence-electron chi connectivity index (χ3n) is 6.25. The van der Waals surface area contributed by atoms with Crippen molar-refractivity contribution in [2.45, 2.75) is 44.3 Å². The minimum atomic E-state index is -3.50. The van der Waals surface area contributed by atoms with Crippen molar-refractivity contribution < 1.29 is 22.7 Å². The monoisotopic (exact) mass is 510 g/mol. The largest absolute Gasteiger partial charge is 0.465 e. The number of thiophene rings is 1. The SMILES string of the molecule is COC(=O)c1c(NC(=O)C2CCN(S(=O)(=O)Cc3cccc(Cl)c3)CC2)sc2c1CCCC2. The molecule has 1 aromatic carbocycles. The van der Waals surface area contributed by atoms with Crippen molar-refractivity contribution in [2.75, 3.05) is 25.5 Å². The molecule has 0 atom stereocenters. The molecule has 1 amide bonds. The molecule has 7 nitrogen and oxygen atoms in total. The van der Waals surface area contributed by atoms with Gasteiger partial charge in [0.1, 0.15) is 5.00 Å². The molecule has 0 radical (unpaired) electrons. The highest BCUT2D eigenvalue weighted by Gasteiger charge is 2.33. The van der Waals surface area contributed by atoms with Gasteiger partial charge in [-0.15, -0.1) is 11.3 Å². The summed E-state index contributed by atoms with van der Waals surface area (Å²) in [5.74, 6) is -1.03. The van der Waals surface area contributed by atoms with Crippen molar-refractivity contribution in [1.82, 2.24) is 4.31 Å². The van der Waals surface area contributed by atoms with E-state index in [1.54, 1.807) is 24.3 Å². The number of esters is 1. The molecule has 2 heterocycles. The summed E-state index contributed by atoms with van der Waals surface area (Å²) >= 11 is 7.43. The number of sulfonamides is 1. The number of carbonyl (C=O) groups is 2. The van der Waals surface area contributed by atoms with Gasteiger partial charge in [0.05, 0.1) is 18.4 Å². The van der Waals surface area contributed by atoms with Crippen LogP contribution in [0.4, 0.5) is 5.00 Å². The Morgan fingerprint density at radius 3 is 2.64 bits per heavy atom. The molecule has 1 fully saturated rings. The molecule has 4 rings (SSSR count). The van der Waals surface area contributed by atoms with Crippen LogP contribution in [0.5, 0.6) is 0 Å². The molecule has 1 aromatic heterocycles. The average Bonchev–Trinajstić information content (AvgIpc) is 3.16. The van der Waals surface area contributed by atoms with Gasteiger partial charge in [-0.1, -0.05) is 23.7 Å². The van der Waals surface area contributed by atoms with Crippen LogP contribution in [-0.4, -0.2) is 44.8 Å². The van der Waals surface area contributed by atoms with Gasteiger partial charge in [0.25, 0.3) is 0 Å². The summed E-state index contributed by atoms with van der Waals surface area (Å²) in [5.41, 5.74) is 2.11. The quantitative estimate of drug-likeness (QED) is 0.586. The fraction of sp³-hybridized carbons (Fsp3) is 0.478. The average molecular weight is 511 g/mol. The number of nitrogens with zero attached hydrogens (tertiary/aromatic N) is 1. The number of hydrogen-bond acceptors (Lipinski definition) is 6. The maximum absolute atomic E-state index is 13.0. The fourth-order valence-corrected chi connectivity index (χ4v) is 7.55. The number of ether oxygens (including phenoxy) is 1. The summed E-state index contributed by atoms with van der Waals surface area (Å²) in [4.78, 5) is 26.5. The van der Waals surface area contributed by atoms with E-state index in [1.807, 2.05) is 0 Å². The molecule has 0 saturated carbocycles. The van der Waals surface area contributed by atoms with Crippen LogP contribution in [0.15, 0.2) is 24.3 Å². The zero-order chi connectivity index (χ0) is 23.6. The molecule has 1 saturated heterocycles. The van der Waals surface area contributed by atoms with Gasteiger partial charge in [-0.3, -0.25) is 4.79 Å². The normalized spacial score (nSPS) is 17.4. The Kier molecular flexibility index (Phi) is 7.43. The summed E-state index contributed by atoms with van der Waals surface area (Å²) in [6.45, 7) is 0.567. The van der Waals surface area contributed by atoms with Crippen LogP contribution in [-0.2, 0) is 38.1 Å². The lowest BCUT2D eigenvalue weighted by atomic mass is 9.95. The van der Waals surface area contributed by atoms with E-state index < -0.39 is 16.0 Å². The van der Waals surface area contributed by atoms with Crippen molar-refractivity contribution >= 4 is 49.8 Å². The zero-order valence-corrected chi connectivity index (χ0v) is 20.8. The minimum absolute atomic E-state index is 0.117. The number of anilines is 1. The Bertz CT molecular complexity index is 1150. The number of aryl methyl sites for hydroxylation is 1. The zero-order valence-electron chi connectivity index (χ0n) is 18.4. The topological polar surface area (TPSA) is 92.8 Å². The minimum Gasteiger partial charge on any atom is -0.465 e. The van der Waals surface area contributed by atoms with Crippen LogP contribution in [0.25, 0.3) is 0 Å². The second-order valence-electron chi connectivity index (χ2n) is 8.46. The third kappa shape index (κ3) is 5.42. The van der Waals surface area contributed by atoms with Crippen molar-refractivity contribution in [3.8, 4) is 0 Å². The smallest absolute Gasteiger partial charge is 0.341 e. The van der Waals surface area contributed by atoms with E-state index in [4.69, 9.17) is 16.3 Å². The van der Waals surface area contributed by atoms with E-state index in [2.05, 4.69) is 5.32 Å². The summed E-state index contributed by atoms with van der Waals surface area (Å²) in [6, 6.07) is 6.83. The predicted molar refractivity (Wildman–Crippen MR) is 129 cm³/mol. The van der Waals surface area contributed by atoms with E-state index in [1.165, 1.54) is 22.8 Å². The van der Waals surface area contributed by atoms with Crippen LogP contribution >= 0.6 is 22.9 Å². The molecule has 0 bridgehead atoms. The molecule has 1 N–H and O–H groups in total. The molecular formula is C23H27ClN2O5S2. The molecule has 178 valence electrons. The third-order valence-corrected chi connectivity index (χ3v) is 9.55. The number of piperidine rings is 1. The Balaban J connectivity index is 1.40. The number of amides is 1. The van der Waals surface area contributed by atoms with Crippen LogP contribution in [0.2, 0.25) is 5.02 Å². The number of fused-ring (bicyclic) bond motifs is 1. The van der Waals surface area contributed by atoms with Crippen molar-refractivity contribution in [3.05, 3.63) is 50.9 Å². The first-order valence-corrected chi connectivity index (χ1v) is 13.8. The molecule has 0 spiro atoms. The maximum Gasteiger partial charge on any atom is 0.341 e. The van der Waals surface area contributed by atoms with E-state index in [-0.39, 0.29) is 30.7 Å². The van der Waals surface area contributed by atoms with Crippen LogP contribution in [0.3, 0.4) is 0 Å². The summed E-state index contributed by atoms with van der Waals surface area (Å²) in [5, 5.41) is 4.00. The fourth-order valence-electron chi connectivity index (χ4n) is 4.51. The molecule has 33 heavy (non-hydrogen) atoms. The lowest BCUT2D eigenvalue weighted by molar-refractivity contribution is -0.120. The Morgan fingerprint density at radius 2 is 1.94 bits per heavy atom. The van der Waals surface area contributed by atoms with E-state index in [0.717, 1.165) is 36.1 Å². The summed E-state index contributed by atoms with van der Waals surface area (Å²) in [7, 11) is -2.15. The number of nitrogens with one attached hydrogen (secondary N) is 1. The van der Waals surface area contributed by atoms with Crippen LogP contribution < -0.4 is 5.32 Å². The number of benzene rings is 1. The maximum atomic E-state index is 13.0. The van der Waals surface area contributed by atoms with E-state index in [9.17, 15) is 18.0 Å². The second kappa shape index (κ2) is 10.1. The number of hydrogen-bond donors (Lipinski definition) is 1. The lowest BCUT2D eigenvalue weighted by Gasteiger charge is -2.30. The van der Waals surface area contributed by atoms with Gasteiger partial charge in [0.2, 0.25) is 15.9 Å². The van der Waals surface area contributed by atoms with Crippen LogP contribution in [0, 0.1) is 5.92 Å². The van der Waals surface area contributed by atoms with Gasteiger partial charge in [-0.05, 0) is 61.8 Å². The van der Waals surface area contributed by atoms with Crippen molar-refractivity contribution in [3.63, 3.8) is 0 Å². The van der Waals surface area contributed by atoms with Gasteiger partial charge < -0.3 is 10.1 Å². The Morgan fingerprint density at radius 1 is 1.21 bits per heavy atom. The van der Waals surface area contributed by atoms with E-state index in [0.29, 0.717) is 34.0 Å². The highest BCUT2D eigenvalue weighted by molar-refractivity contribution is 7.88. The van der Waals surface area contributed by atoms with Gasteiger partial charge in [-0.25, -0.2) is 17.5 Å². The molecule has 0 unspecified atom stereocenters. The lowest BCUT2D eigenvalue weighted by Crippen LogP contribution is -2.41. The Hall–Kier alpha value is -1.94. The predicted octanol–water partition coefficient (Wildman–Crippen LogP) is 4.25. The van der Waals surface area contributed by atoms with Crippen molar-refractivity contribution in [1.29, 1.82) is 0 Å². The van der Waals surface area contributed by atoms with Gasteiger partial charge in [-0.2, -0.15) is 0 Å². The van der Waals surface area contributed by atoms with Crippen molar-refractivity contribution in [2.24, 2.45) is 5.92 Å². The summed E-state index contributed by atoms with van der Waals surface area (Å²) in [6.07, 6.45) is 4.67. The van der Waals surface area contributed by atoms with Gasteiger partial charge in [0.15, 0.2) is 0 Å². The first-order chi connectivity index (χ1) is 15.8. The number of carbonyl (C=O) groups excluding carboxylic acids is 2. The molecule has 2 aliphatic rings. The highest BCUT2D eigenvalue weighted by atomic mass is 35.5. The molecule has 10 heteroatoms. The standard InChI is InChI=1S/C23H27ClN2O5S2/c1-31-23(28)20-18-7-2-3-8-19(18)32-22(20)25-21(27)16-9-11-26(12-10-16)33(29,30)14-15-5-4-6-17(24)13-15/h4-6,13,16H,2-3,7-12,14H2,1H3,(H,25,27). The first-order valence-electron chi connectivity index (χ1n) is 11.0. The Labute approximate surface area is 203 Å². The second-order valence-corrected chi connectivity index (χ2v) is 12.0. The molecular weight excluding hydrogens is 484 g/mol. The summed E-state index contributed by atoms with van der Waals surface area (Å²) < 4.78 is 32.1. The van der Waals surface area contributed by atoms with Gasteiger partial charge in [0, 0.05) is 28.9 Å². The van der Waals surface area contributed by atoms with Crippen LogP contribution in [0.1, 0.15) is 52.0 Å². The first kappa shape index (κ1) is 24.2. The molecule has 1 aliphatic heterocycles. The number of halogens is 1. The highest BCUT2D eigenvalue weighted by Crippen LogP contribution is 2.39. The number of methoxy groups -OCH3 is 1. The molecule has 1 aliphatic carbocycles. The van der Waals surface area contributed by atoms with E-state index >= 15 is 0 Å². The van der Waals surface area contributed by atoms with Gasteiger partial charge >= 0.3 is 5.97 Å².